The molecule has 1 heterocycles. The number of rotatable bonds is 6. The summed E-state index contributed by atoms with van der Waals surface area (Å²) in [5.74, 6) is 0.605. The van der Waals surface area contributed by atoms with Crippen LogP contribution in [0.3, 0.4) is 0 Å². The molecule has 1 aromatic heterocycles. The van der Waals surface area contributed by atoms with Gasteiger partial charge in [-0.15, -0.1) is 0 Å². The summed E-state index contributed by atoms with van der Waals surface area (Å²) in [5.41, 5.74) is 1.54. The largest absolute Gasteiger partial charge is 0.436 e. The number of aromatic nitrogens is 1. The summed E-state index contributed by atoms with van der Waals surface area (Å²) in [6.45, 7) is 7.25. The van der Waals surface area contributed by atoms with Gasteiger partial charge in [0.1, 0.15) is 11.6 Å². The summed E-state index contributed by atoms with van der Waals surface area (Å²) >= 11 is 1.36. The molecule has 0 saturated carbocycles. The average Bonchev–Trinajstić information content (AvgIpc) is 2.72. The van der Waals surface area contributed by atoms with E-state index in [2.05, 4.69) is 17.2 Å². The summed E-state index contributed by atoms with van der Waals surface area (Å²) in [4.78, 5) is 5.17. The van der Waals surface area contributed by atoms with Crippen LogP contribution in [0.25, 0.3) is 0 Å². The third-order valence-corrected chi connectivity index (χ3v) is 3.96. The van der Waals surface area contributed by atoms with Gasteiger partial charge in [0.2, 0.25) is 0 Å². The second-order valence-electron chi connectivity index (χ2n) is 4.62. The van der Waals surface area contributed by atoms with E-state index in [1.54, 1.807) is 6.07 Å². The predicted octanol–water partition coefficient (Wildman–Crippen LogP) is 4.08. The van der Waals surface area contributed by atoms with Crippen molar-refractivity contribution >= 4 is 11.8 Å². The van der Waals surface area contributed by atoms with Crippen molar-refractivity contribution in [1.82, 2.24) is 10.3 Å². The number of halogens is 1. The standard InChI is InChI=1S/C15H19FN2OS/c1-4-8-17-9-12-13(16)6-5-7-14(12)20-15-18-10(2)11(3)19-15/h5-7,17H,4,8-9H2,1-3H3. The maximum absolute atomic E-state index is 14.0. The van der Waals surface area contributed by atoms with Gasteiger partial charge >= 0.3 is 0 Å². The predicted molar refractivity (Wildman–Crippen MR) is 78.5 cm³/mol. The first-order valence-electron chi connectivity index (χ1n) is 6.71. The molecular formula is C15H19FN2OS. The number of aryl methyl sites for hydroxylation is 2. The van der Waals surface area contributed by atoms with Crippen molar-refractivity contribution in [3.05, 3.63) is 41.0 Å². The van der Waals surface area contributed by atoms with E-state index in [0.29, 0.717) is 17.3 Å². The molecule has 0 aliphatic rings. The second kappa shape index (κ2) is 6.90. The van der Waals surface area contributed by atoms with Gasteiger partial charge in [-0.05, 0) is 50.7 Å². The van der Waals surface area contributed by atoms with E-state index in [-0.39, 0.29) is 5.82 Å². The second-order valence-corrected chi connectivity index (χ2v) is 5.61. The molecule has 2 aromatic rings. The molecule has 0 fully saturated rings. The smallest absolute Gasteiger partial charge is 0.261 e. The molecule has 1 N–H and O–H groups in total. The van der Waals surface area contributed by atoms with E-state index < -0.39 is 0 Å². The molecule has 0 aliphatic heterocycles. The SMILES string of the molecule is CCCNCc1c(F)cccc1Sc1nc(C)c(C)o1. The van der Waals surface area contributed by atoms with Crippen molar-refractivity contribution in [2.24, 2.45) is 0 Å². The van der Waals surface area contributed by atoms with Crippen LogP contribution in [-0.4, -0.2) is 11.5 Å². The molecule has 0 radical (unpaired) electrons. The van der Waals surface area contributed by atoms with Crippen molar-refractivity contribution in [1.29, 1.82) is 0 Å². The monoisotopic (exact) mass is 294 g/mol. The Bertz CT molecular complexity index is 564. The zero-order valence-corrected chi connectivity index (χ0v) is 12.8. The van der Waals surface area contributed by atoms with Crippen molar-refractivity contribution in [2.45, 2.75) is 43.9 Å². The van der Waals surface area contributed by atoms with Gasteiger partial charge in [-0.3, -0.25) is 0 Å². The van der Waals surface area contributed by atoms with Crippen LogP contribution in [0.1, 0.15) is 30.4 Å². The number of nitrogens with one attached hydrogen (secondary N) is 1. The van der Waals surface area contributed by atoms with Gasteiger partial charge in [0.15, 0.2) is 0 Å². The lowest BCUT2D eigenvalue weighted by molar-refractivity contribution is 0.431. The summed E-state index contributed by atoms with van der Waals surface area (Å²) in [5, 5.41) is 3.79. The minimum Gasteiger partial charge on any atom is -0.436 e. The Morgan fingerprint density at radius 2 is 2.15 bits per heavy atom. The summed E-state index contributed by atoms with van der Waals surface area (Å²) in [6, 6.07) is 5.09. The molecule has 0 bridgehead atoms. The molecule has 108 valence electrons. The topological polar surface area (TPSA) is 38.1 Å². The van der Waals surface area contributed by atoms with Crippen molar-refractivity contribution < 1.29 is 8.81 Å². The average molecular weight is 294 g/mol. The van der Waals surface area contributed by atoms with Gasteiger partial charge in [-0.25, -0.2) is 9.37 Å². The van der Waals surface area contributed by atoms with Gasteiger partial charge in [0.25, 0.3) is 5.22 Å². The Balaban J connectivity index is 2.19. The lowest BCUT2D eigenvalue weighted by atomic mass is 10.2. The van der Waals surface area contributed by atoms with Crippen LogP contribution in [0, 0.1) is 19.7 Å². The van der Waals surface area contributed by atoms with E-state index in [0.717, 1.165) is 29.3 Å². The fourth-order valence-electron chi connectivity index (χ4n) is 1.78. The lowest BCUT2D eigenvalue weighted by Gasteiger charge is -2.09. The van der Waals surface area contributed by atoms with Gasteiger partial charge < -0.3 is 9.73 Å². The fourth-order valence-corrected chi connectivity index (χ4v) is 2.75. The van der Waals surface area contributed by atoms with Crippen LogP contribution in [0.2, 0.25) is 0 Å². The highest BCUT2D eigenvalue weighted by Crippen LogP contribution is 2.32. The number of oxazole rings is 1. The van der Waals surface area contributed by atoms with Crippen molar-refractivity contribution in [3.63, 3.8) is 0 Å². The first kappa shape index (κ1) is 15.1. The number of hydrogen-bond acceptors (Lipinski definition) is 4. The van der Waals surface area contributed by atoms with Crippen molar-refractivity contribution in [3.8, 4) is 0 Å². The molecule has 1 aromatic carbocycles. The Hall–Kier alpha value is -1.33. The number of nitrogens with zero attached hydrogens (tertiary/aromatic N) is 1. The highest BCUT2D eigenvalue weighted by molar-refractivity contribution is 7.99. The minimum atomic E-state index is -0.196. The maximum Gasteiger partial charge on any atom is 0.261 e. The highest BCUT2D eigenvalue weighted by atomic mass is 32.2. The molecule has 3 nitrogen and oxygen atoms in total. The third-order valence-electron chi connectivity index (χ3n) is 3.01. The van der Waals surface area contributed by atoms with E-state index in [1.165, 1.54) is 17.8 Å². The Morgan fingerprint density at radius 3 is 2.80 bits per heavy atom. The number of benzene rings is 1. The van der Waals surface area contributed by atoms with Crippen LogP contribution in [0.5, 0.6) is 0 Å². The molecule has 0 spiro atoms. The molecule has 0 saturated heterocycles. The lowest BCUT2D eigenvalue weighted by Crippen LogP contribution is -2.15. The zero-order valence-electron chi connectivity index (χ0n) is 12.0. The van der Waals surface area contributed by atoms with E-state index in [4.69, 9.17) is 4.42 Å². The highest BCUT2D eigenvalue weighted by Gasteiger charge is 2.13. The third kappa shape index (κ3) is 3.61. The molecule has 0 atom stereocenters. The molecule has 0 amide bonds. The Labute approximate surface area is 123 Å². The van der Waals surface area contributed by atoms with Crippen LogP contribution < -0.4 is 5.32 Å². The summed E-state index contributed by atoms with van der Waals surface area (Å²) in [7, 11) is 0. The van der Waals surface area contributed by atoms with E-state index >= 15 is 0 Å². The zero-order chi connectivity index (χ0) is 14.5. The van der Waals surface area contributed by atoms with Gasteiger partial charge in [-0.2, -0.15) is 0 Å². The van der Waals surface area contributed by atoms with E-state index in [9.17, 15) is 4.39 Å². The molecule has 20 heavy (non-hydrogen) atoms. The van der Waals surface area contributed by atoms with Gasteiger partial charge in [0, 0.05) is 17.0 Å². The maximum atomic E-state index is 14.0. The molecule has 0 unspecified atom stereocenters. The Morgan fingerprint density at radius 1 is 1.35 bits per heavy atom. The van der Waals surface area contributed by atoms with Crippen LogP contribution in [-0.2, 0) is 6.54 Å². The van der Waals surface area contributed by atoms with Crippen molar-refractivity contribution in [2.75, 3.05) is 6.54 Å². The first-order valence-corrected chi connectivity index (χ1v) is 7.53. The van der Waals surface area contributed by atoms with Crippen LogP contribution in [0.4, 0.5) is 4.39 Å². The molecule has 0 aliphatic carbocycles. The van der Waals surface area contributed by atoms with Crippen LogP contribution in [0.15, 0.2) is 32.7 Å². The normalized spacial score (nSPS) is 11.0. The Kier molecular flexibility index (Phi) is 5.20. The first-order chi connectivity index (χ1) is 9.61. The van der Waals surface area contributed by atoms with Crippen LogP contribution >= 0.6 is 11.8 Å². The minimum absolute atomic E-state index is 0.196. The fraction of sp³-hybridized carbons (Fsp3) is 0.400. The van der Waals surface area contributed by atoms with Gasteiger partial charge in [-0.1, -0.05) is 13.0 Å². The molecule has 5 heteroatoms. The molecule has 2 rings (SSSR count). The number of hydrogen-bond donors (Lipinski definition) is 1. The summed E-state index contributed by atoms with van der Waals surface area (Å²) in [6.07, 6.45) is 1.02. The van der Waals surface area contributed by atoms with Gasteiger partial charge in [0.05, 0.1) is 5.69 Å². The van der Waals surface area contributed by atoms with E-state index in [1.807, 2.05) is 19.9 Å². The molecular weight excluding hydrogens is 275 g/mol. The summed E-state index contributed by atoms with van der Waals surface area (Å²) < 4.78 is 19.5. The quantitative estimate of drug-likeness (QED) is 0.815.